The quantitative estimate of drug-likeness (QED) is 0.699. The van der Waals surface area contributed by atoms with Crippen LogP contribution in [0.2, 0.25) is 0 Å². The van der Waals surface area contributed by atoms with Gasteiger partial charge in [0.05, 0.1) is 6.20 Å². The fraction of sp³-hybridized carbons (Fsp3) is 0.700. The van der Waals surface area contributed by atoms with E-state index < -0.39 is 0 Å². The van der Waals surface area contributed by atoms with Crippen LogP contribution < -0.4 is 5.73 Å². The summed E-state index contributed by atoms with van der Waals surface area (Å²) in [6.45, 7) is 0. The summed E-state index contributed by atoms with van der Waals surface area (Å²) in [5.74, 6) is 0. The monoisotopic (exact) mass is 194 g/mol. The van der Waals surface area contributed by atoms with E-state index in [-0.39, 0.29) is 6.04 Å². The minimum absolute atomic E-state index is 0.269. The molecule has 0 radical (unpaired) electrons. The van der Waals surface area contributed by atoms with Gasteiger partial charge in [0, 0.05) is 36.8 Å². The van der Waals surface area contributed by atoms with Crippen molar-refractivity contribution < 1.29 is 0 Å². The van der Waals surface area contributed by atoms with Crippen molar-refractivity contribution in [2.45, 2.75) is 24.9 Å². The summed E-state index contributed by atoms with van der Waals surface area (Å²) in [7, 11) is 6.18. The molecule has 1 aromatic heterocycles. The van der Waals surface area contributed by atoms with E-state index in [4.69, 9.17) is 5.73 Å². The second kappa shape index (κ2) is 3.37. The van der Waals surface area contributed by atoms with Gasteiger partial charge < -0.3 is 10.6 Å². The van der Waals surface area contributed by atoms with Crippen LogP contribution >= 0.6 is 0 Å². The molecular weight excluding hydrogens is 176 g/mol. The second-order valence-electron chi connectivity index (χ2n) is 4.35. The van der Waals surface area contributed by atoms with E-state index in [1.54, 1.807) is 0 Å². The van der Waals surface area contributed by atoms with Crippen LogP contribution in [0, 0.1) is 0 Å². The lowest BCUT2D eigenvalue weighted by Gasteiger charge is -2.31. The number of nitrogens with two attached hydrogens (primary N) is 1. The zero-order valence-electron chi connectivity index (χ0n) is 9.07. The van der Waals surface area contributed by atoms with Gasteiger partial charge in [0.1, 0.15) is 0 Å². The number of nitrogens with zero attached hydrogens (tertiary/aromatic N) is 3. The van der Waals surface area contributed by atoms with Crippen LogP contribution in [0.4, 0.5) is 0 Å². The molecule has 1 heterocycles. The van der Waals surface area contributed by atoms with Gasteiger partial charge in [-0.15, -0.1) is 0 Å². The molecule has 2 unspecified atom stereocenters. The highest BCUT2D eigenvalue weighted by Gasteiger charge is 2.28. The van der Waals surface area contributed by atoms with E-state index in [0.717, 1.165) is 12.8 Å². The van der Waals surface area contributed by atoms with Gasteiger partial charge in [0.2, 0.25) is 0 Å². The van der Waals surface area contributed by atoms with E-state index >= 15 is 0 Å². The summed E-state index contributed by atoms with van der Waals surface area (Å²) in [5.41, 5.74) is 8.68. The molecule has 78 valence electrons. The topological polar surface area (TPSA) is 47.1 Å². The number of hydrogen-bond acceptors (Lipinski definition) is 3. The molecule has 4 heteroatoms. The van der Waals surface area contributed by atoms with Crippen LogP contribution in [0.3, 0.4) is 0 Å². The van der Waals surface area contributed by atoms with Gasteiger partial charge in [-0.2, -0.15) is 5.10 Å². The zero-order chi connectivity index (χ0) is 10.3. The standard InChI is InChI=1S/C10H18N4/c1-13(2)9-4-7(11)5-10-8(9)6-12-14(10)3/h6-7,9H,4-5,11H2,1-3H3. The van der Waals surface area contributed by atoms with Crippen molar-refractivity contribution in [3.8, 4) is 0 Å². The molecule has 1 aromatic rings. The molecule has 0 aromatic carbocycles. The number of hydrogen-bond donors (Lipinski definition) is 1. The third-order valence-corrected chi connectivity index (χ3v) is 3.06. The molecule has 0 fully saturated rings. The molecule has 14 heavy (non-hydrogen) atoms. The average Bonchev–Trinajstić information content (AvgIpc) is 2.47. The Kier molecular flexibility index (Phi) is 2.33. The maximum atomic E-state index is 6.04. The van der Waals surface area contributed by atoms with Crippen LogP contribution in [0.15, 0.2) is 6.20 Å². The Hall–Kier alpha value is -0.870. The van der Waals surface area contributed by atoms with Gasteiger partial charge in [0.15, 0.2) is 0 Å². The zero-order valence-corrected chi connectivity index (χ0v) is 9.07. The Balaban J connectivity index is 2.39. The van der Waals surface area contributed by atoms with Gasteiger partial charge >= 0.3 is 0 Å². The number of aromatic nitrogens is 2. The van der Waals surface area contributed by atoms with E-state index in [0.29, 0.717) is 6.04 Å². The van der Waals surface area contributed by atoms with Crippen LogP contribution in [0.1, 0.15) is 23.7 Å². The predicted molar refractivity (Wildman–Crippen MR) is 55.9 cm³/mol. The van der Waals surface area contributed by atoms with Crippen molar-refractivity contribution >= 4 is 0 Å². The summed E-state index contributed by atoms with van der Waals surface area (Å²) in [4.78, 5) is 2.22. The number of fused-ring (bicyclic) bond motifs is 1. The smallest absolute Gasteiger partial charge is 0.0540 e. The maximum absolute atomic E-state index is 6.04. The van der Waals surface area contributed by atoms with E-state index in [1.165, 1.54) is 11.3 Å². The molecule has 4 nitrogen and oxygen atoms in total. The molecule has 0 spiro atoms. The van der Waals surface area contributed by atoms with E-state index in [9.17, 15) is 0 Å². The third kappa shape index (κ3) is 1.44. The van der Waals surface area contributed by atoms with E-state index in [2.05, 4.69) is 24.1 Å². The van der Waals surface area contributed by atoms with Gasteiger partial charge in [0.25, 0.3) is 0 Å². The summed E-state index contributed by atoms with van der Waals surface area (Å²) in [6.07, 6.45) is 3.97. The van der Waals surface area contributed by atoms with Crippen molar-refractivity contribution in [1.29, 1.82) is 0 Å². The highest BCUT2D eigenvalue weighted by atomic mass is 15.3. The SMILES string of the molecule is CN(C)C1CC(N)Cc2c1cnn2C. The Morgan fingerprint density at radius 3 is 2.93 bits per heavy atom. The highest BCUT2D eigenvalue weighted by molar-refractivity contribution is 5.26. The van der Waals surface area contributed by atoms with E-state index in [1.807, 2.05) is 17.9 Å². The first-order chi connectivity index (χ1) is 6.59. The first-order valence-corrected chi connectivity index (χ1v) is 5.02. The van der Waals surface area contributed by atoms with Crippen molar-refractivity contribution in [3.05, 3.63) is 17.5 Å². The molecule has 1 aliphatic carbocycles. The summed E-state index contributed by atoms with van der Waals surface area (Å²) in [6, 6.07) is 0.702. The third-order valence-electron chi connectivity index (χ3n) is 3.06. The van der Waals surface area contributed by atoms with Crippen LogP contribution in [-0.4, -0.2) is 34.8 Å². The van der Waals surface area contributed by atoms with Gasteiger partial charge in [-0.1, -0.05) is 0 Å². The molecule has 0 saturated heterocycles. The number of rotatable bonds is 1. The van der Waals surface area contributed by atoms with Crippen LogP contribution in [0.5, 0.6) is 0 Å². The Morgan fingerprint density at radius 1 is 1.57 bits per heavy atom. The molecule has 0 saturated carbocycles. The average molecular weight is 194 g/mol. The van der Waals surface area contributed by atoms with Crippen molar-refractivity contribution in [3.63, 3.8) is 0 Å². The molecule has 2 rings (SSSR count). The lowest BCUT2D eigenvalue weighted by molar-refractivity contribution is 0.254. The van der Waals surface area contributed by atoms with Crippen molar-refractivity contribution in [2.24, 2.45) is 12.8 Å². The molecule has 0 bridgehead atoms. The minimum Gasteiger partial charge on any atom is -0.327 e. The van der Waals surface area contributed by atoms with Crippen LogP contribution in [-0.2, 0) is 13.5 Å². The maximum Gasteiger partial charge on any atom is 0.0540 e. The van der Waals surface area contributed by atoms with Crippen LogP contribution in [0.25, 0.3) is 0 Å². The molecular formula is C10H18N4. The first kappa shape index (κ1) is 9.68. The number of aryl methyl sites for hydroxylation is 1. The van der Waals surface area contributed by atoms with Gasteiger partial charge in [-0.3, -0.25) is 4.68 Å². The highest BCUT2D eigenvalue weighted by Crippen LogP contribution is 2.31. The van der Waals surface area contributed by atoms with Crippen molar-refractivity contribution in [1.82, 2.24) is 14.7 Å². The fourth-order valence-corrected chi connectivity index (χ4v) is 2.24. The molecule has 2 N–H and O–H groups in total. The normalized spacial score (nSPS) is 26.6. The predicted octanol–water partition coefficient (Wildman–Crippen LogP) is 0.296. The summed E-state index contributed by atoms with van der Waals surface area (Å²) >= 11 is 0. The first-order valence-electron chi connectivity index (χ1n) is 5.02. The fourth-order valence-electron chi connectivity index (χ4n) is 2.24. The lowest BCUT2D eigenvalue weighted by Crippen LogP contribution is -2.36. The van der Waals surface area contributed by atoms with Gasteiger partial charge in [-0.25, -0.2) is 0 Å². The lowest BCUT2D eigenvalue weighted by atomic mass is 9.89. The Labute approximate surface area is 84.7 Å². The molecule has 0 amide bonds. The second-order valence-corrected chi connectivity index (χ2v) is 4.35. The van der Waals surface area contributed by atoms with Crippen molar-refractivity contribution in [2.75, 3.05) is 14.1 Å². The molecule has 1 aliphatic rings. The molecule has 2 atom stereocenters. The Bertz CT molecular complexity index is 329. The Morgan fingerprint density at radius 2 is 2.29 bits per heavy atom. The summed E-state index contributed by atoms with van der Waals surface area (Å²) < 4.78 is 1.95. The van der Waals surface area contributed by atoms with Gasteiger partial charge in [-0.05, 0) is 20.5 Å². The molecule has 0 aliphatic heterocycles. The summed E-state index contributed by atoms with van der Waals surface area (Å²) in [5, 5.41) is 4.30. The largest absolute Gasteiger partial charge is 0.327 e. The minimum atomic E-state index is 0.269.